The molecule has 3 N–H and O–H groups in total. The van der Waals surface area contributed by atoms with Crippen molar-refractivity contribution < 1.29 is 35.8 Å². The van der Waals surface area contributed by atoms with E-state index in [1.807, 2.05) is 6.07 Å². The van der Waals surface area contributed by atoms with E-state index in [1.54, 1.807) is 24.3 Å². The Morgan fingerprint density at radius 3 is 2.35 bits per heavy atom. The van der Waals surface area contributed by atoms with Gasteiger partial charge in [-0.05, 0) is 61.9 Å². The van der Waals surface area contributed by atoms with Crippen molar-refractivity contribution in [2.45, 2.75) is 55.4 Å². The van der Waals surface area contributed by atoms with Gasteiger partial charge in [-0.2, -0.15) is 13.2 Å². The lowest BCUT2D eigenvalue weighted by Crippen LogP contribution is -2.38. The number of nitrogens with zero attached hydrogens (tertiary/aromatic N) is 1. The number of anilines is 2. The number of alkyl halides is 3. The number of nitrogens with one attached hydrogen (secondary N) is 3. The summed E-state index contributed by atoms with van der Waals surface area (Å²) in [5, 5.41) is 7.21. The molecule has 2 aliphatic rings. The van der Waals surface area contributed by atoms with Gasteiger partial charge in [0.25, 0.3) is 0 Å². The van der Waals surface area contributed by atoms with Crippen molar-refractivity contribution in [1.29, 1.82) is 0 Å². The molecule has 0 unspecified atom stereocenters. The molecule has 2 fully saturated rings. The Balaban J connectivity index is 1.33. The van der Waals surface area contributed by atoms with Crippen molar-refractivity contribution in [3.63, 3.8) is 0 Å². The van der Waals surface area contributed by atoms with E-state index in [1.165, 1.54) is 23.8 Å². The molecule has 0 radical (unpaired) electrons. The zero-order valence-electron chi connectivity index (χ0n) is 23.8. The molecule has 2 aliphatic heterocycles. The molecule has 3 aromatic rings. The third-order valence-corrected chi connectivity index (χ3v) is 8.99. The van der Waals surface area contributed by atoms with Crippen LogP contribution in [-0.2, 0) is 26.0 Å². The second-order valence-corrected chi connectivity index (χ2v) is 12.2. The highest BCUT2D eigenvalue weighted by atomic mass is 32.2. The number of sulfonamides is 1. The largest absolute Gasteiger partial charge is 0.495 e. The summed E-state index contributed by atoms with van der Waals surface area (Å²) in [7, 11) is -2.34. The normalized spacial score (nSPS) is 16.9. The molecule has 232 valence electrons. The van der Waals surface area contributed by atoms with E-state index in [2.05, 4.69) is 27.2 Å². The number of rotatable bonds is 9. The standard InChI is InChI=1S/C30H35F3N4O5S/c1-40-29-19-24(43(38,39)36-22-11-16-42-17-12-22)7-8-27(29)34-13-3-4-23-18-25-26(35-21-9-14-41-15-10-21)5-2-6-28(25)37(23)20-30(31,32)33/h2,5-8,18-19,21-22,34-36H,9-17,20H2,1H3. The molecular formula is C30H35F3N4O5S. The highest BCUT2D eigenvalue weighted by Crippen LogP contribution is 2.31. The summed E-state index contributed by atoms with van der Waals surface area (Å²) >= 11 is 0. The van der Waals surface area contributed by atoms with Gasteiger partial charge in [0.1, 0.15) is 12.3 Å². The average Bonchev–Trinajstić information content (AvgIpc) is 3.32. The fourth-order valence-corrected chi connectivity index (χ4v) is 6.61. The van der Waals surface area contributed by atoms with Crippen molar-refractivity contribution in [2.24, 2.45) is 0 Å². The van der Waals surface area contributed by atoms with Crippen LogP contribution in [0.25, 0.3) is 10.9 Å². The second kappa shape index (κ2) is 13.5. The summed E-state index contributed by atoms with van der Waals surface area (Å²) in [6, 6.07) is 11.4. The zero-order chi connectivity index (χ0) is 30.5. The number of aromatic nitrogens is 1. The number of methoxy groups -OCH3 is 1. The van der Waals surface area contributed by atoms with E-state index in [-0.39, 0.29) is 29.2 Å². The first-order valence-electron chi connectivity index (χ1n) is 14.2. The molecule has 0 atom stereocenters. The minimum Gasteiger partial charge on any atom is -0.495 e. The Morgan fingerprint density at radius 1 is 0.977 bits per heavy atom. The Bertz CT molecular complexity index is 1580. The van der Waals surface area contributed by atoms with E-state index in [0.717, 1.165) is 18.5 Å². The predicted molar refractivity (Wildman–Crippen MR) is 158 cm³/mol. The lowest BCUT2D eigenvalue weighted by molar-refractivity contribution is -0.140. The summed E-state index contributed by atoms with van der Waals surface area (Å²) in [4.78, 5) is 0.0642. The lowest BCUT2D eigenvalue weighted by atomic mass is 10.1. The number of hydrogen-bond acceptors (Lipinski definition) is 7. The molecule has 2 aromatic carbocycles. The molecule has 1 aromatic heterocycles. The quantitative estimate of drug-likeness (QED) is 0.298. The van der Waals surface area contributed by atoms with Crippen molar-refractivity contribution in [2.75, 3.05) is 50.7 Å². The van der Waals surface area contributed by atoms with Crippen LogP contribution in [-0.4, -0.2) is 71.3 Å². The Kier molecular flexibility index (Phi) is 9.71. The van der Waals surface area contributed by atoms with E-state index in [4.69, 9.17) is 14.2 Å². The second-order valence-electron chi connectivity index (χ2n) is 10.5. The van der Waals surface area contributed by atoms with E-state index < -0.39 is 22.7 Å². The van der Waals surface area contributed by atoms with Gasteiger partial charge in [-0.25, -0.2) is 13.1 Å². The molecular weight excluding hydrogens is 585 g/mol. The number of ether oxygens (including phenoxy) is 3. The van der Waals surface area contributed by atoms with Crippen molar-refractivity contribution in [1.82, 2.24) is 9.29 Å². The Labute approximate surface area is 249 Å². The first-order chi connectivity index (χ1) is 20.6. The fourth-order valence-electron chi connectivity index (χ4n) is 5.29. The molecule has 0 saturated carbocycles. The number of benzene rings is 2. The molecule has 43 heavy (non-hydrogen) atoms. The summed E-state index contributed by atoms with van der Waals surface area (Å²) in [5.74, 6) is 6.09. The van der Waals surface area contributed by atoms with Crippen LogP contribution in [0.3, 0.4) is 0 Å². The maximum absolute atomic E-state index is 13.6. The summed E-state index contributed by atoms with van der Waals surface area (Å²) < 4.78 is 86.5. The van der Waals surface area contributed by atoms with E-state index >= 15 is 0 Å². The molecule has 2 saturated heterocycles. The maximum atomic E-state index is 13.6. The first-order valence-corrected chi connectivity index (χ1v) is 15.7. The van der Waals surface area contributed by atoms with E-state index in [9.17, 15) is 21.6 Å². The number of hydrogen-bond donors (Lipinski definition) is 3. The molecule has 0 aliphatic carbocycles. The minimum absolute atomic E-state index is 0.0642. The van der Waals surface area contributed by atoms with Gasteiger partial charge in [0, 0.05) is 55.7 Å². The maximum Gasteiger partial charge on any atom is 0.406 e. The number of fused-ring (bicyclic) bond motifs is 1. The SMILES string of the molecule is COc1cc(S(=O)(=O)NC2CCOCC2)ccc1NCC#Cc1cc2c(NC3CCOCC3)cccc2n1CC(F)(F)F. The Morgan fingerprint density at radius 2 is 1.67 bits per heavy atom. The minimum atomic E-state index is -4.43. The van der Waals surface area contributed by atoms with Crippen LogP contribution in [0.15, 0.2) is 47.4 Å². The first kappa shape index (κ1) is 31.0. The van der Waals surface area contributed by atoms with Gasteiger partial charge in [-0.1, -0.05) is 12.0 Å². The van der Waals surface area contributed by atoms with Gasteiger partial charge in [0.15, 0.2) is 0 Å². The van der Waals surface area contributed by atoms with Gasteiger partial charge in [-0.3, -0.25) is 0 Å². The van der Waals surface area contributed by atoms with Crippen molar-refractivity contribution in [3.8, 4) is 17.6 Å². The molecule has 0 spiro atoms. The molecule has 13 heteroatoms. The summed E-state index contributed by atoms with van der Waals surface area (Å²) in [5.41, 5.74) is 1.95. The van der Waals surface area contributed by atoms with Gasteiger partial charge < -0.3 is 29.4 Å². The van der Waals surface area contributed by atoms with Gasteiger partial charge in [0.05, 0.1) is 35.4 Å². The lowest BCUT2D eigenvalue weighted by Gasteiger charge is -2.24. The van der Waals surface area contributed by atoms with Gasteiger partial charge >= 0.3 is 6.18 Å². The van der Waals surface area contributed by atoms with Crippen LogP contribution in [0.5, 0.6) is 5.75 Å². The van der Waals surface area contributed by atoms with Crippen LogP contribution in [0.2, 0.25) is 0 Å². The fraction of sp³-hybridized carbons (Fsp3) is 0.467. The average molecular weight is 621 g/mol. The highest BCUT2D eigenvalue weighted by Gasteiger charge is 2.30. The summed E-state index contributed by atoms with van der Waals surface area (Å²) in [6.45, 7) is 1.22. The van der Waals surface area contributed by atoms with Crippen molar-refractivity contribution in [3.05, 3.63) is 48.2 Å². The molecule has 3 heterocycles. The smallest absolute Gasteiger partial charge is 0.406 e. The number of halogens is 3. The van der Waals surface area contributed by atoms with Crippen LogP contribution >= 0.6 is 0 Å². The third-order valence-electron chi connectivity index (χ3n) is 7.47. The van der Waals surface area contributed by atoms with Crippen molar-refractivity contribution >= 4 is 32.3 Å². The van der Waals surface area contributed by atoms with Gasteiger partial charge in [0.2, 0.25) is 10.0 Å². The monoisotopic (exact) mass is 620 g/mol. The molecule has 0 amide bonds. The summed E-state index contributed by atoms with van der Waals surface area (Å²) in [6.07, 6.45) is -1.59. The highest BCUT2D eigenvalue weighted by molar-refractivity contribution is 7.89. The van der Waals surface area contributed by atoms with Crippen LogP contribution in [0.4, 0.5) is 24.5 Å². The van der Waals surface area contributed by atoms with Crippen LogP contribution in [0.1, 0.15) is 31.4 Å². The van der Waals surface area contributed by atoms with Crippen LogP contribution in [0, 0.1) is 11.8 Å². The zero-order valence-corrected chi connectivity index (χ0v) is 24.6. The molecule has 0 bridgehead atoms. The van der Waals surface area contributed by atoms with Gasteiger partial charge in [-0.15, -0.1) is 0 Å². The van der Waals surface area contributed by atoms with Crippen LogP contribution < -0.4 is 20.1 Å². The molecule has 9 nitrogen and oxygen atoms in total. The Hall–Kier alpha value is -3.44. The predicted octanol–water partition coefficient (Wildman–Crippen LogP) is 4.72. The third kappa shape index (κ3) is 7.94. The van der Waals surface area contributed by atoms with E-state index in [0.29, 0.717) is 61.6 Å². The molecule has 5 rings (SSSR count). The topological polar surface area (TPSA) is 103 Å².